The maximum Gasteiger partial charge on any atom is 0.315 e. The largest absolute Gasteiger partial charge is 0.329 e. The van der Waals surface area contributed by atoms with Gasteiger partial charge in [-0.3, -0.25) is 14.9 Å². The number of thiazole rings is 1. The van der Waals surface area contributed by atoms with Crippen LogP contribution in [-0.4, -0.2) is 79.7 Å². The van der Waals surface area contributed by atoms with E-state index in [1.165, 1.54) is 16.2 Å². The van der Waals surface area contributed by atoms with Gasteiger partial charge in [-0.25, -0.2) is 13.4 Å². The Labute approximate surface area is 145 Å². The Morgan fingerprint density at radius 1 is 1.38 bits per heavy atom. The molecule has 1 aromatic heterocycles. The monoisotopic (exact) mass is 374 g/mol. The van der Waals surface area contributed by atoms with E-state index < -0.39 is 27.7 Å². The van der Waals surface area contributed by atoms with E-state index in [1.807, 2.05) is 19.0 Å². The first-order chi connectivity index (χ1) is 11.2. The maximum absolute atomic E-state index is 12.5. The van der Waals surface area contributed by atoms with Gasteiger partial charge < -0.3 is 9.80 Å². The lowest BCUT2D eigenvalue weighted by atomic mass is 10.2. The smallest absolute Gasteiger partial charge is 0.315 e. The summed E-state index contributed by atoms with van der Waals surface area (Å²) in [6, 6.07) is -0.453. The third-order valence-corrected chi connectivity index (χ3v) is 6.36. The van der Waals surface area contributed by atoms with Crippen LogP contribution in [0.15, 0.2) is 5.38 Å². The summed E-state index contributed by atoms with van der Waals surface area (Å²) in [6.45, 7) is 2.64. The Kier molecular flexibility index (Phi) is 5.94. The van der Waals surface area contributed by atoms with Crippen LogP contribution in [0.2, 0.25) is 0 Å². The molecule has 2 amide bonds. The van der Waals surface area contributed by atoms with E-state index in [1.54, 1.807) is 12.3 Å². The van der Waals surface area contributed by atoms with Crippen molar-refractivity contribution in [3.63, 3.8) is 0 Å². The highest BCUT2D eigenvalue weighted by Crippen LogP contribution is 2.19. The van der Waals surface area contributed by atoms with Crippen molar-refractivity contribution < 1.29 is 18.0 Å². The molecule has 1 atom stereocenters. The van der Waals surface area contributed by atoms with Crippen molar-refractivity contribution in [2.75, 3.05) is 44.0 Å². The lowest BCUT2D eigenvalue weighted by molar-refractivity contribution is -0.144. The quantitative estimate of drug-likeness (QED) is 0.727. The average Bonchev–Trinajstić information content (AvgIpc) is 3.04. The molecular formula is C14H22N4O4S2. The number of carbonyl (C=O) groups is 2. The Morgan fingerprint density at radius 3 is 2.58 bits per heavy atom. The molecule has 0 aromatic carbocycles. The third kappa shape index (κ3) is 4.99. The number of carbonyl (C=O) groups excluding carboxylic acids is 2. The molecule has 0 radical (unpaired) electrons. The van der Waals surface area contributed by atoms with Crippen molar-refractivity contribution in [3.05, 3.63) is 11.1 Å². The molecule has 10 heteroatoms. The number of hydrogen-bond acceptors (Lipinski definition) is 7. The van der Waals surface area contributed by atoms with Gasteiger partial charge in [-0.1, -0.05) is 0 Å². The molecule has 1 saturated heterocycles. The summed E-state index contributed by atoms with van der Waals surface area (Å²) in [4.78, 5) is 32.1. The van der Waals surface area contributed by atoms with E-state index in [0.717, 1.165) is 5.69 Å². The zero-order chi connectivity index (χ0) is 17.9. The zero-order valence-corrected chi connectivity index (χ0v) is 15.6. The molecule has 2 heterocycles. The number of nitrogens with zero attached hydrogens (tertiary/aromatic N) is 3. The Hall–Kier alpha value is -1.52. The molecule has 0 saturated carbocycles. The number of hydrogen-bond donors (Lipinski definition) is 1. The van der Waals surface area contributed by atoms with Crippen molar-refractivity contribution in [2.45, 2.75) is 19.4 Å². The van der Waals surface area contributed by atoms with Gasteiger partial charge in [0.05, 0.1) is 17.2 Å². The van der Waals surface area contributed by atoms with Crippen LogP contribution < -0.4 is 5.32 Å². The number of sulfone groups is 1. The lowest BCUT2D eigenvalue weighted by Gasteiger charge is -2.28. The maximum atomic E-state index is 12.5. The van der Waals surface area contributed by atoms with E-state index in [4.69, 9.17) is 0 Å². The van der Waals surface area contributed by atoms with Gasteiger partial charge in [-0.15, -0.1) is 11.3 Å². The predicted octanol–water partition coefficient (Wildman–Crippen LogP) is -0.0327. The normalized spacial score (nSPS) is 19.4. The van der Waals surface area contributed by atoms with Crippen molar-refractivity contribution >= 4 is 38.1 Å². The van der Waals surface area contributed by atoms with Gasteiger partial charge in [0.15, 0.2) is 15.0 Å². The number of aromatic nitrogens is 1. The molecule has 8 nitrogen and oxygen atoms in total. The number of nitrogens with one attached hydrogen (secondary N) is 1. The topological polar surface area (TPSA) is 99.7 Å². The minimum absolute atomic E-state index is 0.0523. The number of rotatable bonds is 5. The summed E-state index contributed by atoms with van der Waals surface area (Å²) in [5.41, 5.74) is 0.758. The van der Waals surface area contributed by atoms with Crippen LogP contribution in [0.25, 0.3) is 0 Å². The van der Waals surface area contributed by atoms with Gasteiger partial charge in [0.25, 0.3) is 0 Å². The van der Waals surface area contributed by atoms with E-state index in [9.17, 15) is 18.0 Å². The molecule has 1 aliphatic heterocycles. The van der Waals surface area contributed by atoms with E-state index in [2.05, 4.69) is 10.3 Å². The van der Waals surface area contributed by atoms with Crippen LogP contribution in [0.3, 0.4) is 0 Å². The van der Waals surface area contributed by atoms with Gasteiger partial charge >= 0.3 is 11.8 Å². The fourth-order valence-electron chi connectivity index (χ4n) is 2.47. The molecule has 24 heavy (non-hydrogen) atoms. The molecule has 0 spiro atoms. The number of amides is 2. The second-order valence-electron chi connectivity index (χ2n) is 6.11. The van der Waals surface area contributed by atoms with Crippen molar-refractivity contribution in [2.24, 2.45) is 0 Å². The van der Waals surface area contributed by atoms with E-state index in [-0.39, 0.29) is 11.5 Å². The Bertz CT molecular complexity index is 714. The van der Waals surface area contributed by atoms with Crippen LogP contribution in [0, 0.1) is 6.92 Å². The lowest BCUT2D eigenvalue weighted by Crippen LogP contribution is -2.48. The minimum atomic E-state index is -3.14. The van der Waals surface area contributed by atoms with E-state index in [0.29, 0.717) is 24.6 Å². The molecule has 1 unspecified atom stereocenters. The highest BCUT2D eigenvalue weighted by atomic mass is 32.2. The standard InChI is InChI=1S/C14H22N4O4S2/c1-10-8-23-14(15-10)16-12(19)13(20)18(6-5-17(2)3)11-4-7-24(21,22)9-11/h8,11H,4-7,9H2,1-3H3,(H,15,16,19). The fraction of sp³-hybridized carbons (Fsp3) is 0.643. The van der Waals surface area contributed by atoms with Gasteiger partial charge in [-0.05, 0) is 27.4 Å². The summed E-state index contributed by atoms with van der Waals surface area (Å²) in [5.74, 6) is -1.54. The molecule has 0 aliphatic carbocycles. The summed E-state index contributed by atoms with van der Waals surface area (Å²) >= 11 is 1.24. The molecule has 2 rings (SSSR count). The summed E-state index contributed by atoms with van der Waals surface area (Å²) in [7, 11) is 0.564. The minimum Gasteiger partial charge on any atom is -0.329 e. The van der Waals surface area contributed by atoms with Crippen LogP contribution in [0.1, 0.15) is 12.1 Å². The molecule has 1 fully saturated rings. The average molecular weight is 374 g/mol. The van der Waals surface area contributed by atoms with Crippen LogP contribution in [-0.2, 0) is 19.4 Å². The first kappa shape index (κ1) is 18.8. The number of anilines is 1. The van der Waals surface area contributed by atoms with Crippen LogP contribution >= 0.6 is 11.3 Å². The molecule has 1 N–H and O–H groups in total. The zero-order valence-electron chi connectivity index (χ0n) is 14.0. The highest BCUT2D eigenvalue weighted by molar-refractivity contribution is 7.91. The third-order valence-electron chi connectivity index (χ3n) is 3.73. The Morgan fingerprint density at radius 2 is 2.08 bits per heavy atom. The first-order valence-corrected chi connectivity index (χ1v) is 10.3. The number of aryl methyl sites for hydroxylation is 1. The second-order valence-corrected chi connectivity index (χ2v) is 9.19. The van der Waals surface area contributed by atoms with Crippen molar-refractivity contribution in [1.82, 2.24) is 14.8 Å². The number of likely N-dealkylation sites (N-methyl/N-ethyl adjacent to an activating group) is 1. The van der Waals surface area contributed by atoms with Gasteiger partial charge in [0.1, 0.15) is 0 Å². The fourth-order valence-corrected chi connectivity index (χ4v) is 4.89. The van der Waals surface area contributed by atoms with Crippen molar-refractivity contribution in [3.8, 4) is 0 Å². The van der Waals surface area contributed by atoms with E-state index >= 15 is 0 Å². The highest BCUT2D eigenvalue weighted by Gasteiger charge is 2.36. The molecule has 1 aliphatic rings. The summed E-state index contributed by atoms with van der Waals surface area (Å²) < 4.78 is 23.4. The predicted molar refractivity (Wildman–Crippen MR) is 92.8 cm³/mol. The first-order valence-electron chi connectivity index (χ1n) is 7.57. The SMILES string of the molecule is Cc1csc(NC(=O)C(=O)N(CCN(C)C)C2CCS(=O)(=O)C2)n1. The van der Waals surface area contributed by atoms with Gasteiger partial charge in [-0.2, -0.15) is 0 Å². The van der Waals surface area contributed by atoms with Crippen molar-refractivity contribution in [1.29, 1.82) is 0 Å². The second kappa shape index (κ2) is 7.58. The molecular weight excluding hydrogens is 352 g/mol. The summed E-state index contributed by atoms with van der Waals surface area (Å²) in [6.07, 6.45) is 0.366. The molecule has 1 aromatic rings. The summed E-state index contributed by atoms with van der Waals surface area (Å²) in [5, 5.41) is 4.62. The van der Waals surface area contributed by atoms with Crippen LogP contribution in [0.5, 0.6) is 0 Å². The van der Waals surface area contributed by atoms with Gasteiger partial charge in [0.2, 0.25) is 0 Å². The molecule has 134 valence electrons. The Balaban J connectivity index is 2.09. The van der Waals surface area contributed by atoms with Gasteiger partial charge in [0, 0.05) is 24.5 Å². The van der Waals surface area contributed by atoms with Crippen LogP contribution in [0.4, 0.5) is 5.13 Å². The molecule has 0 bridgehead atoms.